The molecule has 0 saturated heterocycles. The lowest BCUT2D eigenvalue weighted by Crippen LogP contribution is -2.19. The number of hydrogen-bond acceptors (Lipinski definition) is 4. The van der Waals surface area contributed by atoms with E-state index < -0.39 is 6.36 Å². The van der Waals surface area contributed by atoms with Gasteiger partial charge in [0.1, 0.15) is 0 Å². The van der Waals surface area contributed by atoms with Gasteiger partial charge in [-0.3, -0.25) is 4.99 Å². The number of para-hydroxylation sites is 1. The van der Waals surface area contributed by atoms with Crippen LogP contribution in [-0.4, -0.2) is 23.8 Å². The van der Waals surface area contributed by atoms with Gasteiger partial charge in [-0.2, -0.15) is 0 Å². The molecule has 7 heteroatoms. The molecule has 0 spiro atoms. The van der Waals surface area contributed by atoms with E-state index >= 15 is 0 Å². The predicted molar refractivity (Wildman–Crippen MR) is 66.2 cm³/mol. The van der Waals surface area contributed by atoms with Crippen LogP contribution >= 0.6 is 11.8 Å². The number of thioether (sulfide) groups is 1. The maximum absolute atomic E-state index is 12.3. The van der Waals surface area contributed by atoms with E-state index in [1.807, 2.05) is 0 Å². The van der Waals surface area contributed by atoms with Gasteiger partial charge < -0.3 is 10.1 Å². The Morgan fingerprint density at radius 1 is 1.39 bits per heavy atom. The van der Waals surface area contributed by atoms with Crippen LogP contribution in [-0.2, 0) is 0 Å². The van der Waals surface area contributed by atoms with Crippen molar-refractivity contribution in [3.63, 3.8) is 0 Å². The van der Waals surface area contributed by atoms with Gasteiger partial charge in [0.15, 0.2) is 10.9 Å². The molecule has 3 nitrogen and oxygen atoms in total. The van der Waals surface area contributed by atoms with E-state index in [0.29, 0.717) is 17.3 Å². The van der Waals surface area contributed by atoms with Crippen LogP contribution in [0.15, 0.2) is 23.2 Å². The van der Waals surface area contributed by atoms with Crippen molar-refractivity contribution >= 4 is 22.6 Å². The van der Waals surface area contributed by atoms with Crippen molar-refractivity contribution in [3.05, 3.63) is 23.8 Å². The van der Waals surface area contributed by atoms with Gasteiger partial charge in [-0.05, 0) is 18.6 Å². The Balaban J connectivity index is 2.25. The summed E-state index contributed by atoms with van der Waals surface area (Å²) in [6, 6.07) is 4.77. The minimum atomic E-state index is -4.70. The molecule has 0 radical (unpaired) electrons. The number of nitrogens with zero attached hydrogens (tertiary/aromatic N) is 1. The van der Waals surface area contributed by atoms with Gasteiger partial charge in [0.2, 0.25) is 0 Å². The number of amidine groups is 1. The van der Waals surface area contributed by atoms with Crippen molar-refractivity contribution in [3.8, 4) is 5.75 Å². The van der Waals surface area contributed by atoms with Crippen LogP contribution in [0.4, 0.5) is 18.9 Å². The van der Waals surface area contributed by atoms with E-state index in [0.717, 1.165) is 5.75 Å². The first kappa shape index (κ1) is 13.1. The fourth-order valence-electron chi connectivity index (χ4n) is 1.53. The Hall–Kier alpha value is -1.37. The van der Waals surface area contributed by atoms with Crippen molar-refractivity contribution in [2.45, 2.75) is 13.3 Å². The average molecular weight is 276 g/mol. The highest BCUT2D eigenvalue weighted by molar-refractivity contribution is 8.14. The monoisotopic (exact) mass is 276 g/mol. The van der Waals surface area contributed by atoms with Crippen LogP contribution in [0.2, 0.25) is 0 Å². The van der Waals surface area contributed by atoms with Gasteiger partial charge in [-0.1, -0.05) is 23.9 Å². The average Bonchev–Trinajstić information content (AvgIpc) is 2.74. The fraction of sp³-hybridized carbons (Fsp3) is 0.364. The summed E-state index contributed by atoms with van der Waals surface area (Å²) in [5.74, 6) is 0.629. The third-order valence-electron chi connectivity index (χ3n) is 2.26. The summed E-state index contributed by atoms with van der Waals surface area (Å²) < 4.78 is 41.0. The molecule has 2 rings (SSSR count). The topological polar surface area (TPSA) is 33.6 Å². The van der Waals surface area contributed by atoms with E-state index in [4.69, 9.17) is 0 Å². The number of anilines is 1. The quantitative estimate of drug-likeness (QED) is 0.898. The summed E-state index contributed by atoms with van der Waals surface area (Å²) in [5.41, 5.74) is 0.696. The van der Waals surface area contributed by atoms with E-state index in [2.05, 4.69) is 15.0 Å². The van der Waals surface area contributed by atoms with Gasteiger partial charge in [0.25, 0.3) is 0 Å². The van der Waals surface area contributed by atoms with Crippen LogP contribution in [0, 0.1) is 6.92 Å². The lowest BCUT2D eigenvalue weighted by molar-refractivity contribution is -0.274. The Morgan fingerprint density at radius 3 is 2.78 bits per heavy atom. The van der Waals surface area contributed by atoms with Crippen molar-refractivity contribution in [1.82, 2.24) is 0 Å². The van der Waals surface area contributed by atoms with Crippen molar-refractivity contribution in [1.29, 1.82) is 0 Å². The SMILES string of the molecule is Cc1cccc(NC2=NCCS2)c1OC(F)(F)F. The van der Waals surface area contributed by atoms with Gasteiger partial charge in [0, 0.05) is 5.75 Å². The summed E-state index contributed by atoms with van der Waals surface area (Å²) in [4.78, 5) is 4.13. The van der Waals surface area contributed by atoms with Crippen molar-refractivity contribution in [2.75, 3.05) is 17.6 Å². The summed E-state index contributed by atoms with van der Waals surface area (Å²) in [6.45, 7) is 2.24. The number of alkyl halides is 3. The number of hydrogen-bond donors (Lipinski definition) is 1. The third-order valence-corrected chi connectivity index (χ3v) is 3.15. The number of aliphatic imine (C=N–C) groups is 1. The van der Waals surface area contributed by atoms with Crippen LogP contribution in [0.5, 0.6) is 5.75 Å². The first-order chi connectivity index (χ1) is 8.46. The lowest BCUT2D eigenvalue weighted by atomic mass is 10.2. The zero-order valence-corrected chi connectivity index (χ0v) is 10.4. The van der Waals surface area contributed by atoms with Crippen LogP contribution < -0.4 is 10.1 Å². The van der Waals surface area contributed by atoms with Crippen molar-refractivity contribution in [2.24, 2.45) is 4.99 Å². The molecule has 1 aromatic rings. The molecule has 98 valence electrons. The first-order valence-corrected chi connectivity index (χ1v) is 6.24. The molecule has 18 heavy (non-hydrogen) atoms. The Bertz CT molecular complexity index is 474. The summed E-state index contributed by atoms with van der Waals surface area (Å²) in [6.07, 6.45) is -4.70. The maximum atomic E-state index is 12.3. The third kappa shape index (κ3) is 3.32. The smallest absolute Gasteiger partial charge is 0.403 e. The van der Waals surface area contributed by atoms with Gasteiger partial charge in [0.05, 0.1) is 12.2 Å². The summed E-state index contributed by atoms with van der Waals surface area (Å²) >= 11 is 1.47. The van der Waals surface area contributed by atoms with E-state index in [9.17, 15) is 13.2 Å². The molecule has 1 aromatic carbocycles. The summed E-state index contributed by atoms with van der Waals surface area (Å²) in [7, 11) is 0. The van der Waals surface area contributed by atoms with Crippen LogP contribution in [0.25, 0.3) is 0 Å². The minimum absolute atomic E-state index is 0.208. The molecule has 0 aliphatic carbocycles. The molecule has 1 heterocycles. The summed E-state index contributed by atoms with van der Waals surface area (Å²) in [5, 5.41) is 3.48. The zero-order chi connectivity index (χ0) is 13.2. The van der Waals surface area contributed by atoms with Crippen LogP contribution in [0.1, 0.15) is 5.56 Å². The number of nitrogens with one attached hydrogen (secondary N) is 1. The molecule has 0 saturated carbocycles. The molecule has 0 amide bonds. The second-order valence-corrected chi connectivity index (χ2v) is 4.74. The lowest BCUT2D eigenvalue weighted by Gasteiger charge is -2.16. The number of halogens is 3. The highest BCUT2D eigenvalue weighted by atomic mass is 32.2. The minimum Gasteiger partial charge on any atom is -0.403 e. The zero-order valence-electron chi connectivity index (χ0n) is 9.54. The van der Waals surface area contributed by atoms with Gasteiger partial charge >= 0.3 is 6.36 Å². The van der Waals surface area contributed by atoms with Gasteiger partial charge in [-0.25, -0.2) is 0 Å². The Labute approximate surface area is 106 Å². The predicted octanol–water partition coefficient (Wildman–Crippen LogP) is 3.41. The fourth-order valence-corrected chi connectivity index (χ4v) is 2.27. The first-order valence-electron chi connectivity index (χ1n) is 5.25. The standard InChI is InChI=1S/C11H11F3N2OS/c1-7-3-2-4-8(9(7)17-11(12,13)14)16-10-15-5-6-18-10/h2-4H,5-6H2,1H3,(H,15,16). The highest BCUT2D eigenvalue weighted by Crippen LogP contribution is 2.34. The second kappa shape index (κ2) is 5.09. The molecule has 0 fully saturated rings. The Kier molecular flexibility index (Phi) is 3.70. The molecule has 0 unspecified atom stereocenters. The van der Waals surface area contributed by atoms with Gasteiger partial charge in [-0.15, -0.1) is 13.2 Å². The molecule has 0 aromatic heterocycles. The van der Waals surface area contributed by atoms with Crippen molar-refractivity contribution < 1.29 is 17.9 Å². The van der Waals surface area contributed by atoms with E-state index in [1.54, 1.807) is 19.1 Å². The van der Waals surface area contributed by atoms with E-state index in [1.165, 1.54) is 17.8 Å². The highest BCUT2D eigenvalue weighted by Gasteiger charge is 2.33. The molecule has 1 N–H and O–H groups in total. The molecule has 1 aliphatic rings. The maximum Gasteiger partial charge on any atom is 0.573 e. The largest absolute Gasteiger partial charge is 0.573 e. The number of ether oxygens (including phenoxy) is 1. The Morgan fingerprint density at radius 2 is 2.17 bits per heavy atom. The number of rotatable bonds is 2. The normalized spacial score (nSPS) is 15.4. The molecule has 0 atom stereocenters. The second-order valence-electron chi connectivity index (χ2n) is 3.66. The number of aryl methyl sites for hydroxylation is 1. The molecule has 1 aliphatic heterocycles. The van der Waals surface area contributed by atoms with E-state index in [-0.39, 0.29) is 11.4 Å². The molecular weight excluding hydrogens is 265 g/mol. The molecular formula is C11H11F3N2OS. The number of benzene rings is 1. The molecule has 0 bridgehead atoms. The van der Waals surface area contributed by atoms with Crippen LogP contribution in [0.3, 0.4) is 0 Å².